The van der Waals surface area contributed by atoms with E-state index in [2.05, 4.69) is 41.5 Å². The maximum atomic E-state index is 9.48. The predicted molar refractivity (Wildman–Crippen MR) is 139 cm³/mol. The highest BCUT2D eigenvalue weighted by atomic mass is 32.1. The number of hydrogen-bond donors (Lipinski definition) is 3. The van der Waals surface area contributed by atoms with Gasteiger partial charge >= 0.3 is 0 Å². The Balaban J connectivity index is 1.93. The van der Waals surface area contributed by atoms with Crippen molar-refractivity contribution in [3.8, 4) is 0 Å². The molecule has 2 heterocycles. The topological polar surface area (TPSA) is 91.9 Å². The highest BCUT2D eigenvalue weighted by Gasteiger charge is 2.28. The molecule has 8 heteroatoms. The summed E-state index contributed by atoms with van der Waals surface area (Å²) in [6.07, 6.45) is 7.71. The van der Waals surface area contributed by atoms with Gasteiger partial charge in [-0.3, -0.25) is 19.8 Å². The molecule has 0 aromatic carbocycles. The number of aliphatic hydroxyl groups is 3. The Bertz CT molecular complexity index is 759. The molecule has 2 unspecified atom stereocenters. The number of piperidine rings is 1. The first kappa shape index (κ1) is 27.8. The first-order chi connectivity index (χ1) is 16.1. The summed E-state index contributed by atoms with van der Waals surface area (Å²) >= 11 is 1.87. The van der Waals surface area contributed by atoms with Crippen molar-refractivity contribution < 1.29 is 15.3 Å². The maximum Gasteiger partial charge on any atom is 0.0558 e. The zero-order chi connectivity index (χ0) is 24.1. The van der Waals surface area contributed by atoms with Crippen LogP contribution in [0.4, 0.5) is 0 Å². The maximum absolute atomic E-state index is 9.48. The van der Waals surface area contributed by atoms with Crippen LogP contribution < -0.4 is 0 Å². The fourth-order valence-electron chi connectivity index (χ4n) is 4.52. The van der Waals surface area contributed by atoms with Gasteiger partial charge in [-0.05, 0) is 57.0 Å². The van der Waals surface area contributed by atoms with E-state index in [1.807, 2.05) is 22.5 Å². The number of aliphatic imine (C=N–C) groups is 2. The van der Waals surface area contributed by atoms with E-state index in [1.54, 1.807) is 6.20 Å². The van der Waals surface area contributed by atoms with Gasteiger partial charge in [-0.2, -0.15) is 0 Å². The molecule has 1 aliphatic heterocycles. The molecule has 0 aliphatic carbocycles. The molecule has 1 aromatic heterocycles. The van der Waals surface area contributed by atoms with Gasteiger partial charge in [-0.25, -0.2) is 0 Å². The van der Waals surface area contributed by atoms with Crippen molar-refractivity contribution in [1.29, 1.82) is 0 Å². The van der Waals surface area contributed by atoms with Crippen LogP contribution in [0, 0.1) is 0 Å². The molecule has 2 atom stereocenters. The normalized spacial score (nSPS) is 20.2. The summed E-state index contributed by atoms with van der Waals surface area (Å²) in [6.45, 7) is 12.7. The molecule has 0 amide bonds. The predicted octanol–water partition coefficient (Wildman–Crippen LogP) is 2.36. The second-order valence-corrected chi connectivity index (χ2v) is 9.89. The van der Waals surface area contributed by atoms with Gasteiger partial charge in [0.15, 0.2) is 0 Å². The summed E-state index contributed by atoms with van der Waals surface area (Å²) in [5.74, 6) is 0.553. The molecule has 1 aliphatic rings. The number of likely N-dealkylation sites (tertiary alicyclic amines) is 1. The minimum atomic E-state index is 0.0791. The Kier molecular flexibility index (Phi) is 13.0. The van der Waals surface area contributed by atoms with E-state index in [9.17, 15) is 5.11 Å². The summed E-state index contributed by atoms with van der Waals surface area (Å²) in [5, 5.41) is 27.7. The first-order valence-electron chi connectivity index (χ1n) is 12.1. The van der Waals surface area contributed by atoms with E-state index in [0.717, 1.165) is 44.3 Å². The van der Waals surface area contributed by atoms with Crippen LogP contribution in [0.15, 0.2) is 27.8 Å². The van der Waals surface area contributed by atoms with E-state index < -0.39 is 0 Å². The molecule has 0 radical (unpaired) electrons. The first-order valence-corrected chi connectivity index (χ1v) is 12.9. The van der Waals surface area contributed by atoms with Gasteiger partial charge < -0.3 is 15.3 Å². The number of hydrogen-bond acceptors (Lipinski definition) is 8. The lowest BCUT2D eigenvalue weighted by molar-refractivity contribution is 0.161. The van der Waals surface area contributed by atoms with E-state index in [-0.39, 0.29) is 19.8 Å². The zero-order valence-corrected chi connectivity index (χ0v) is 21.1. The van der Waals surface area contributed by atoms with Crippen LogP contribution in [0.2, 0.25) is 0 Å². The fourth-order valence-corrected chi connectivity index (χ4v) is 5.70. The number of rotatable bonds is 15. The van der Waals surface area contributed by atoms with Crippen LogP contribution in [0.5, 0.6) is 0 Å². The van der Waals surface area contributed by atoms with E-state index >= 15 is 0 Å². The third kappa shape index (κ3) is 9.03. The Morgan fingerprint density at radius 1 is 1.24 bits per heavy atom. The van der Waals surface area contributed by atoms with E-state index in [1.165, 1.54) is 15.3 Å². The third-order valence-corrected chi connectivity index (χ3v) is 7.67. The fraction of sp³-hybridized carbons (Fsp3) is 0.680. The molecule has 33 heavy (non-hydrogen) atoms. The van der Waals surface area contributed by atoms with Crippen molar-refractivity contribution in [3.63, 3.8) is 0 Å². The van der Waals surface area contributed by atoms with Crippen molar-refractivity contribution in [1.82, 2.24) is 9.80 Å². The second-order valence-electron chi connectivity index (χ2n) is 8.67. The largest absolute Gasteiger partial charge is 0.396 e. The van der Waals surface area contributed by atoms with Crippen LogP contribution in [-0.4, -0.2) is 103 Å². The summed E-state index contributed by atoms with van der Waals surface area (Å²) in [6, 6.07) is 2.82. The highest BCUT2D eigenvalue weighted by Crippen LogP contribution is 2.37. The summed E-state index contributed by atoms with van der Waals surface area (Å²) in [7, 11) is 0. The quantitative estimate of drug-likeness (QED) is 0.337. The lowest BCUT2D eigenvalue weighted by Gasteiger charge is -2.38. The number of thiophene rings is 1. The van der Waals surface area contributed by atoms with Crippen molar-refractivity contribution in [3.05, 3.63) is 33.2 Å². The van der Waals surface area contributed by atoms with Gasteiger partial charge in [-0.15, -0.1) is 11.3 Å². The summed E-state index contributed by atoms with van der Waals surface area (Å²) in [5.41, 5.74) is 2.49. The Morgan fingerprint density at radius 3 is 2.61 bits per heavy atom. The lowest BCUT2D eigenvalue weighted by atomic mass is 9.85. The molecule has 1 fully saturated rings. The second kappa shape index (κ2) is 15.5. The molecule has 0 bridgehead atoms. The smallest absolute Gasteiger partial charge is 0.0558 e. The van der Waals surface area contributed by atoms with Crippen LogP contribution in [0.3, 0.4) is 0 Å². The molecular weight excluding hydrogens is 436 g/mol. The minimum Gasteiger partial charge on any atom is -0.396 e. The summed E-state index contributed by atoms with van der Waals surface area (Å²) in [4.78, 5) is 15.8. The molecular formula is C25H42N4O3S. The molecule has 186 valence electrons. The molecule has 0 spiro atoms. The average Bonchev–Trinajstić information content (AvgIpc) is 3.21. The van der Waals surface area contributed by atoms with Gasteiger partial charge in [0.1, 0.15) is 0 Å². The average molecular weight is 479 g/mol. The third-order valence-electron chi connectivity index (χ3n) is 6.31. The van der Waals surface area contributed by atoms with Gasteiger partial charge in [0.05, 0.1) is 19.8 Å². The number of aliphatic hydroxyl groups excluding tert-OH is 3. The Hall–Kier alpha value is -1.42. The Labute approximate surface area is 203 Å². The Morgan fingerprint density at radius 2 is 2.00 bits per heavy atom. The highest BCUT2D eigenvalue weighted by molar-refractivity contribution is 7.12. The van der Waals surface area contributed by atoms with Gasteiger partial charge in [0, 0.05) is 73.0 Å². The van der Waals surface area contributed by atoms with E-state index in [0.29, 0.717) is 38.1 Å². The van der Waals surface area contributed by atoms with Gasteiger partial charge in [0.25, 0.3) is 0 Å². The number of nitrogens with zero attached hydrogens (tertiary/aromatic N) is 4. The van der Waals surface area contributed by atoms with Gasteiger partial charge in [0.2, 0.25) is 0 Å². The van der Waals surface area contributed by atoms with Crippen LogP contribution in [0.25, 0.3) is 0 Å². The van der Waals surface area contributed by atoms with Crippen LogP contribution in [0.1, 0.15) is 47.9 Å². The van der Waals surface area contributed by atoms with Crippen molar-refractivity contribution in [2.24, 2.45) is 9.98 Å². The van der Waals surface area contributed by atoms with Gasteiger partial charge in [-0.1, -0.05) is 6.92 Å². The molecule has 2 rings (SSSR count). The monoisotopic (exact) mass is 478 g/mol. The van der Waals surface area contributed by atoms with Crippen molar-refractivity contribution in [2.45, 2.75) is 51.5 Å². The summed E-state index contributed by atoms with van der Waals surface area (Å²) < 4.78 is 0. The molecule has 7 nitrogen and oxygen atoms in total. The molecule has 3 N–H and O–H groups in total. The minimum absolute atomic E-state index is 0.0791. The van der Waals surface area contributed by atoms with E-state index in [4.69, 9.17) is 10.2 Å². The standard InChI is InChI=1S/C25H42N4O3S/c1-4-23-16-24(25(33-23)6-12-30)22-5-8-29(20(2)15-22)19-21(17-26-3)18-27-7-9-28(10-13-31)11-14-32/h16-18,20,22,30-32H,3-15,19H2,1-2H3/b21-17+,27-18?. The zero-order valence-electron chi connectivity index (χ0n) is 20.3. The molecule has 1 saturated heterocycles. The van der Waals surface area contributed by atoms with Crippen LogP contribution in [-0.2, 0) is 12.8 Å². The number of aryl methyl sites for hydroxylation is 1. The molecule has 0 saturated carbocycles. The SMILES string of the molecule is C=N/C=C(\C=NCCN(CCO)CCO)CN1CCC(c2cc(CC)sc2CCO)CC1C. The lowest BCUT2D eigenvalue weighted by Crippen LogP contribution is -2.41. The van der Waals surface area contributed by atoms with Crippen molar-refractivity contribution in [2.75, 3.05) is 59.1 Å². The van der Waals surface area contributed by atoms with Crippen molar-refractivity contribution >= 4 is 24.3 Å². The molecule has 1 aromatic rings. The van der Waals surface area contributed by atoms with Crippen LogP contribution >= 0.6 is 11.3 Å².